The van der Waals surface area contributed by atoms with E-state index in [1.807, 2.05) is 24.3 Å². The van der Waals surface area contributed by atoms with E-state index in [4.69, 9.17) is 5.73 Å². The lowest BCUT2D eigenvalue weighted by Gasteiger charge is -2.08. The average molecular weight is 352 g/mol. The zero-order valence-electron chi connectivity index (χ0n) is 13.7. The fraction of sp³-hybridized carbons (Fsp3) is 0.467. The summed E-state index contributed by atoms with van der Waals surface area (Å²) < 4.78 is 27.0. The molecule has 0 saturated carbocycles. The van der Waals surface area contributed by atoms with Crippen molar-refractivity contribution in [3.8, 4) is 0 Å². The molecule has 0 aliphatic carbocycles. The fourth-order valence-electron chi connectivity index (χ4n) is 2.26. The third-order valence-corrected chi connectivity index (χ3v) is 4.70. The number of anilines is 2. The number of nitrogens with zero attached hydrogens (tertiary/aromatic N) is 2. The Labute approximate surface area is 142 Å². The van der Waals surface area contributed by atoms with Crippen molar-refractivity contribution >= 4 is 32.9 Å². The van der Waals surface area contributed by atoms with Gasteiger partial charge in [0.15, 0.2) is 0 Å². The maximum atomic E-state index is 11.2. The molecule has 0 spiro atoms. The predicted octanol–water partition coefficient (Wildman–Crippen LogP) is 1.24. The van der Waals surface area contributed by atoms with Crippen molar-refractivity contribution in [2.45, 2.75) is 25.7 Å². The van der Waals surface area contributed by atoms with Crippen LogP contribution >= 0.6 is 0 Å². The Morgan fingerprint density at radius 3 is 2.50 bits per heavy atom. The smallest absolute Gasteiger partial charge is 0.276 e. The maximum absolute atomic E-state index is 11.2. The minimum Gasteiger partial charge on any atom is -0.383 e. The standard InChI is InChI=1S/C15H24N6O2S/c1-17-24(22,23)19-11-7-3-2-6-10-18-15-20-13-9-5-4-8-12(13)14(16)21-15/h4-5,8-9,17,19H,2-3,6-7,10-11H2,1H3,(H3,16,18,20,21). The summed E-state index contributed by atoms with van der Waals surface area (Å²) in [5.41, 5.74) is 6.76. The number of unbranched alkanes of at least 4 members (excludes halogenated alkanes) is 3. The highest BCUT2D eigenvalue weighted by Crippen LogP contribution is 2.18. The maximum Gasteiger partial charge on any atom is 0.276 e. The van der Waals surface area contributed by atoms with Crippen molar-refractivity contribution in [1.82, 2.24) is 19.4 Å². The lowest BCUT2D eigenvalue weighted by Crippen LogP contribution is -2.34. The molecule has 0 aliphatic heterocycles. The van der Waals surface area contributed by atoms with Crippen molar-refractivity contribution in [3.05, 3.63) is 24.3 Å². The van der Waals surface area contributed by atoms with Gasteiger partial charge in [-0.3, -0.25) is 0 Å². The molecule has 0 amide bonds. The molecule has 132 valence electrons. The lowest BCUT2D eigenvalue weighted by molar-refractivity contribution is 0.565. The van der Waals surface area contributed by atoms with Gasteiger partial charge in [-0.25, -0.2) is 14.4 Å². The quantitative estimate of drug-likeness (QED) is 0.477. The molecule has 0 saturated heterocycles. The number of hydrogen-bond acceptors (Lipinski definition) is 6. The second-order valence-electron chi connectivity index (χ2n) is 5.39. The monoisotopic (exact) mass is 352 g/mol. The molecule has 9 heteroatoms. The van der Waals surface area contributed by atoms with Gasteiger partial charge >= 0.3 is 0 Å². The minimum atomic E-state index is -3.32. The van der Waals surface area contributed by atoms with Gasteiger partial charge in [0.1, 0.15) is 5.82 Å². The number of nitrogens with one attached hydrogen (secondary N) is 3. The first-order valence-corrected chi connectivity index (χ1v) is 9.44. The van der Waals surface area contributed by atoms with Crippen LogP contribution in [0, 0.1) is 0 Å². The molecular formula is C15H24N6O2S. The Morgan fingerprint density at radius 2 is 1.75 bits per heavy atom. The summed E-state index contributed by atoms with van der Waals surface area (Å²) in [6, 6.07) is 7.63. The number of fused-ring (bicyclic) bond motifs is 1. The molecular weight excluding hydrogens is 328 g/mol. The number of aromatic nitrogens is 2. The minimum absolute atomic E-state index is 0.445. The molecule has 8 nitrogen and oxygen atoms in total. The topological polar surface area (TPSA) is 122 Å². The van der Waals surface area contributed by atoms with Crippen molar-refractivity contribution in [1.29, 1.82) is 0 Å². The van der Waals surface area contributed by atoms with Gasteiger partial charge in [-0.2, -0.15) is 13.4 Å². The van der Waals surface area contributed by atoms with Crippen molar-refractivity contribution < 1.29 is 8.42 Å². The molecule has 2 aromatic rings. The highest BCUT2D eigenvalue weighted by molar-refractivity contribution is 7.87. The summed E-state index contributed by atoms with van der Waals surface area (Å²) in [7, 11) is -1.93. The van der Waals surface area contributed by atoms with Crippen LogP contribution < -0.4 is 20.5 Å². The number of benzene rings is 1. The van der Waals surface area contributed by atoms with E-state index in [1.54, 1.807) is 0 Å². The van der Waals surface area contributed by atoms with E-state index in [9.17, 15) is 8.42 Å². The first-order valence-electron chi connectivity index (χ1n) is 7.96. The molecule has 24 heavy (non-hydrogen) atoms. The average Bonchev–Trinajstić information content (AvgIpc) is 2.57. The zero-order chi connectivity index (χ0) is 17.4. The van der Waals surface area contributed by atoms with E-state index < -0.39 is 10.2 Å². The van der Waals surface area contributed by atoms with Crippen LogP contribution in [0.4, 0.5) is 11.8 Å². The summed E-state index contributed by atoms with van der Waals surface area (Å²) >= 11 is 0. The van der Waals surface area contributed by atoms with E-state index in [0.29, 0.717) is 18.3 Å². The van der Waals surface area contributed by atoms with E-state index in [1.165, 1.54) is 7.05 Å². The van der Waals surface area contributed by atoms with Gasteiger partial charge in [0, 0.05) is 25.5 Å². The van der Waals surface area contributed by atoms with Crippen molar-refractivity contribution in [3.63, 3.8) is 0 Å². The largest absolute Gasteiger partial charge is 0.383 e. The van der Waals surface area contributed by atoms with E-state index in [-0.39, 0.29) is 0 Å². The Balaban J connectivity index is 1.66. The number of nitrogen functional groups attached to an aromatic ring is 1. The van der Waals surface area contributed by atoms with Crippen LogP contribution in [-0.2, 0) is 10.2 Å². The molecule has 1 aromatic carbocycles. The second kappa shape index (κ2) is 8.76. The van der Waals surface area contributed by atoms with Gasteiger partial charge < -0.3 is 11.1 Å². The van der Waals surface area contributed by atoms with Crippen LogP contribution in [0.5, 0.6) is 0 Å². The summed E-state index contributed by atoms with van der Waals surface area (Å²) in [4.78, 5) is 8.69. The van der Waals surface area contributed by atoms with Gasteiger partial charge in [-0.15, -0.1) is 0 Å². The molecule has 0 atom stereocenters. The van der Waals surface area contributed by atoms with Crippen molar-refractivity contribution in [2.24, 2.45) is 0 Å². The van der Waals surface area contributed by atoms with Crippen LogP contribution in [0.3, 0.4) is 0 Å². The fourth-order valence-corrected chi connectivity index (χ4v) is 2.82. The molecule has 2 rings (SSSR count). The molecule has 1 aromatic heterocycles. The SMILES string of the molecule is CNS(=O)(=O)NCCCCCCNc1nc(N)c2ccccc2n1. The second-order valence-corrected chi connectivity index (χ2v) is 7.10. The van der Waals surface area contributed by atoms with Crippen LogP contribution in [0.2, 0.25) is 0 Å². The van der Waals surface area contributed by atoms with Gasteiger partial charge in [-0.05, 0) is 25.0 Å². The highest BCUT2D eigenvalue weighted by atomic mass is 32.2. The zero-order valence-corrected chi connectivity index (χ0v) is 14.6. The predicted molar refractivity (Wildman–Crippen MR) is 96.9 cm³/mol. The lowest BCUT2D eigenvalue weighted by atomic mass is 10.2. The van der Waals surface area contributed by atoms with E-state index in [2.05, 4.69) is 24.7 Å². The number of para-hydroxylation sites is 1. The molecule has 0 bridgehead atoms. The van der Waals surface area contributed by atoms with Gasteiger partial charge in [-0.1, -0.05) is 25.0 Å². The first-order chi connectivity index (χ1) is 11.5. The van der Waals surface area contributed by atoms with Crippen LogP contribution in [0.25, 0.3) is 10.9 Å². The Hall–Kier alpha value is -1.97. The molecule has 0 aliphatic rings. The molecule has 0 radical (unpaired) electrons. The summed E-state index contributed by atoms with van der Waals surface area (Å²) in [6.07, 6.45) is 3.71. The van der Waals surface area contributed by atoms with Gasteiger partial charge in [0.25, 0.3) is 10.2 Å². The number of hydrogen-bond donors (Lipinski definition) is 4. The van der Waals surface area contributed by atoms with Crippen LogP contribution in [0.1, 0.15) is 25.7 Å². The van der Waals surface area contributed by atoms with Crippen LogP contribution in [0.15, 0.2) is 24.3 Å². The normalized spacial score (nSPS) is 11.7. The Bertz CT molecular complexity index is 766. The highest BCUT2D eigenvalue weighted by Gasteiger charge is 2.05. The van der Waals surface area contributed by atoms with E-state index >= 15 is 0 Å². The Morgan fingerprint density at radius 1 is 1.04 bits per heavy atom. The third-order valence-electron chi connectivity index (χ3n) is 3.58. The molecule has 0 unspecified atom stereocenters. The molecule has 0 fully saturated rings. The molecule has 5 N–H and O–H groups in total. The first kappa shape index (κ1) is 18.4. The summed E-state index contributed by atoms with van der Waals surface area (Å²) in [5, 5.41) is 4.03. The van der Waals surface area contributed by atoms with Gasteiger partial charge in [0.2, 0.25) is 5.95 Å². The molecule has 1 heterocycles. The number of rotatable bonds is 10. The van der Waals surface area contributed by atoms with Gasteiger partial charge in [0.05, 0.1) is 5.52 Å². The Kier molecular flexibility index (Phi) is 6.71. The van der Waals surface area contributed by atoms with E-state index in [0.717, 1.165) is 43.1 Å². The van der Waals surface area contributed by atoms with Crippen molar-refractivity contribution in [2.75, 3.05) is 31.2 Å². The third kappa shape index (κ3) is 5.59. The summed E-state index contributed by atoms with van der Waals surface area (Å²) in [6.45, 7) is 1.20. The number of nitrogens with two attached hydrogens (primary N) is 1. The van der Waals surface area contributed by atoms with Crippen LogP contribution in [-0.4, -0.2) is 38.5 Å². The summed E-state index contributed by atoms with van der Waals surface area (Å²) in [5.74, 6) is 1.01.